The van der Waals surface area contributed by atoms with E-state index in [-0.39, 0.29) is 18.9 Å². The van der Waals surface area contributed by atoms with E-state index in [2.05, 4.69) is 5.32 Å². The largest absolute Gasteiger partial charge is 0.486 e. The molecule has 1 heterocycles. The Kier molecular flexibility index (Phi) is 5.23. The Morgan fingerprint density at radius 2 is 1.83 bits per heavy atom. The van der Waals surface area contributed by atoms with Gasteiger partial charge in [0.05, 0.1) is 12.5 Å². The first-order valence-corrected chi connectivity index (χ1v) is 8.08. The molecule has 0 aromatic heterocycles. The van der Waals surface area contributed by atoms with Gasteiger partial charge in [-0.25, -0.2) is 0 Å². The summed E-state index contributed by atoms with van der Waals surface area (Å²) in [4.78, 5) is 12.0. The molecule has 1 unspecified atom stereocenters. The molecule has 1 atom stereocenters. The van der Waals surface area contributed by atoms with Crippen molar-refractivity contribution < 1.29 is 19.4 Å². The number of aliphatic hydroxyl groups excluding tert-OH is 1. The number of carbonyl (C=O) groups is 1. The maximum atomic E-state index is 12.0. The van der Waals surface area contributed by atoms with Crippen molar-refractivity contribution >= 4 is 17.5 Å². The minimum Gasteiger partial charge on any atom is -0.486 e. The van der Waals surface area contributed by atoms with E-state index in [1.807, 2.05) is 0 Å². The highest BCUT2D eigenvalue weighted by Crippen LogP contribution is 2.32. The minimum atomic E-state index is -0.810. The predicted molar refractivity (Wildman–Crippen MR) is 90.6 cm³/mol. The first-order chi connectivity index (χ1) is 11.6. The fourth-order valence-corrected chi connectivity index (χ4v) is 2.57. The molecule has 2 N–H and O–H groups in total. The van der Waals surface area contributed by atoms with Gasteiger partial charge in [0, 0.05) is 11.6 Å². The molecule has 3 rings (SSSR count). The fourth-order valence-electron chi connectivity index (χ4n) is 2.45. The summed E-state index contributed by atoms with van der Waals surface area (Å²) in [6, 6.07) is 12.4. The molecule has 0 aliphatic carbocycles. The predicted octanol–water partition coefficient (Wildman–Crippen LogP) is 2.50. The van der Waals surface area contributed by atoms with Crippen molar-refractivity contribution in [1.29, 1.82) is 0 Å². The Labute approximate surface area is 145 Å². The van der Waals surface area contributed by atoms with E-state index in [0.29, 0.717) is 35.3 Å². The molecule has 0 saturated heterocycles. The van der Waals surface area contributed by atoms with Crippen LogP contribution in [0.5, 0.6) is 11.5 Å². The molecule has 1 aliphatic rings. The van der Waals surface area contributed by atoms with Crippen LogP contribution in [0.3, 0.4) is 0 Å². The number of halogens is 1. The van der Waals surface area contributed by atoms with Gasteiger partial charge in [-0.15, -0.1) is 0 Å². The van der Waals surface area contributed by atoms with E-state index in [0.717, 1.165) is 5.56 Å². The highest BCUT2D eigenvalue weighted by molar-refractivity contribution is 6.30. The third-order valence-corrected chi connectivity index (χ3v) is 3.97. The van der Waals surface area contributed by atoms with Gasteiger partial charge in [-0.3, -0.25) is 4.79 Å². The monoisotopic (exact) mass is 347 g/mol. The third kappa shape index (κ3) is 4.19. The zero-order valence-corrected chi connectivity index (χ0v) is 13.8. The quantitative estimate of drug-likeness (QED) is 0.872. The number of hydrogen-bond donors (Lipinski definition) is 2. The van der Waals surface area contributed by atoms with Gasteiger partial charge in [-0.2, -0.15) is 0 Å². The van der Waals surface area contributed by atoms with Crippen molar-refractivity contribution in [2.45, 2.75) is 12.5 Å². The first-order valence-electron chi connectivity index (χ1n) is 7.70. The molecule has 2 aromatic carbocycles. The molecule has 0 radical (unpaired) electrons. The van der Waals surface area contributed by atoms with Crippen molar-refractivity contribution in [3.63, 3.8) is 0 Å². The molecule has 0 saturated carbocycles. The van der Waals surface area contributed by atoms with Crippen LogP contribution in [0.15, 0.2) is 42.5 Å². The summed E-state index contributed by atoms with van der Waals surface area (Å²) in [5, 5.41) is 13.6. The van der Waals surface area contributed by atoms with E-state index in [1.165, 1.54) is 0 Å². The van der Waals surface area contributed by atoms with E-state index >= 15 is 0 Å². The molecular formula is C18H18ClNO4. The van der Waals surface area contributed by atoms with Crippen molar-refractivity contribution in [2.24, 2.45) is 0 Å². The standard InChI is InChI=1S/C18H18ClNO4/c19-14-4-1-12(2-5-14)9-18(22)20-11-15(21)13-3-6-16-17(10-13)24-8-7-23-16/h1-6,10,15,21H,7-9,11H2,(H,20,22). The Hall–Kier alpha value is -2.24. The molecule has 1 amide bonds. The summed E-state index contributed by atoms with van der Waals surface area (Å²) in [5.41, 5.74) is 1.54. The molecule has 6 heteroatoms. The summed E-state index contributed by atoms with van der Waals surface area (Å²) in [6.45, 7) is 1.14. The third-order valence-electron chi connectivity index (χ3n) is 3.72. The van der Waals surface area contributed by atoms with Crippen LogP contribution in [0.4, 0.5) is 0 Å². The SMILES string of the molecule is O=C(Cc1ccc(Cl)cc1)NCC(O)c1ccc2c(c1)OCCO2. The van der Waals surface area contributed by atoms with Gasteiger partial charge in [-0.1, -0.05) is 29.8 Å². The lowest BCUT2D eigenvalue weighted by atomic mass is 10.1. The summed E-state index contributed by atoms with van der Waals surface area (Å²) < 4.78 is 10.9. The van der Waals surface area contributed by atoms with Crippen molar-refractivity contribution in [3.05, 3.63) is 58.6 Å². The maximum absolute atomic E-state index is 12.0. The van der Waals surface area contributed by atoms with E-state index in [1.54, 1.807) is 42.5 Å². The molecule has 2 aromatic rings. The number of carbonyl (C=O) groups excluding carboxylic acids is 1. The minimum absolute atomic E-state index is 0.131. The first kappa shape index (κ1) is 16.6. The Morgan fingerprint density at radius 3 is 2.58 bits per heavy atom. The lowest BCUT2D eigenvalue weighted by Gasteiger charge is -2.20. The lowest BCUT2D eigenvalue weighted by molar-refractivity contribution is -0.120. The average Bonchev–Trinajstić information content (AvgIpc) is 2.61. The van der Waals surface area contributed by atoms with Crippen molar-refractivity contribution in [2.75, 3.05) is 19.8 Å². The molecular weight excluding hydrogens is 330 g/mol. The van der Waals surface area contributed by atoms with Gasteiger partial charge in [0.15, 0.2) is 11.5 Å². The smallest absolute Gasteiger partial charge is 0.224 e. The molecule has 24 heavy (non-hydrogen) atoms. The van der Waals surface area contributed by atoms with E-state index < -0.39 is 6.10 Å². The zero-order chi connectivity index (χ0) is 16.9. The summed E-state index contributed by atoms with van der Waals surface area (Å²) in [5.74, 6) is 1.13. The number of ether oxygens (including phenoxy) is 2. The Morgan fingerprint density at radius 1 is 1.12 bits per heavy atom. The summed E-state index contributed by atoms with van der Waals surface area (Å²) in [7, 11) is 0. The second-order valence-electron chi connectivity index (χ2n) is 5.53. The molecule has 0 spiro atoms. The van der Waals surface area contributed by atoms with Gasteiger partial charge >= 0.3 is 0 Å². The van der Waals surface area contributed by atoms with Crippen LogP contribution in [0.25, 0.3) is 0 Å². The Bertz CT molecular complexity index is 717. The second kappa shape index (κ2) is 7.55. The number of benzene rings is 2. The number of hydrogen-bond acceptors (Lipinski definition) is 4. The van der Waals surface area contributed by atoms with E-state index in [4.69, 9.17) is 21.1 Å². The number of rotatable bonds is 5. The number of nitrogens with one attached hydrogen (secondary N) is 1. The average molecular weight is 348 g/mol. The van der Waals surface area contributed by atoms with Crippen LogP contribution in [-0.2, 0) is 11.2 Å². The lowest BCUT2D eigenvalue weighted by Crippen LogP contribution is -2.29. The van der Waals surface area contributed by atoms with E-state index in [9.17, 15) is 9.90 Å². The molecule has 0 bridgehead atoms. The number of amides is 1. The van der Waals surface area contributed by atoms with Crippen LogP contribution in [0.2, 0.25) is 5.02 Å². The van der Waals surface area contributed by atoms with Gasteiger partial charge < -0.3 is 19.9 Å². The zero-order valence-electron chi connectivity index (χ0n) is 13.0. The molecule has 5 nitrogen and oxygen atoms in total. The van der Waals surface area contributed by atoms with Gasteiger partial charge in [0.25, 0.3) is 0 Å². The van der Waals surface area contributed by atoms with Crippen molar-refractivity contribution in [1.82, 2.24) is 5.32 Å². The van der Waals surface area contributed by atoms with Gasteiger partial charge in [-0.05, 0) is 35.4 Å². The van der Waals surface area contributed by atoms with Gasteiger partial charge in [0.1, 0.15) is 13.2 Å². The van der Waals surface area contributed by atoms with Crippen LogP contribution < -0.4 is 14.8 Å². The van der Waals surface area contributed by atoms with Crippen molar-refractivity contribution in [3.8, 4) is 11.5 Å². The second-order valence-corrected chi connectivity index (χ2v) is 5.96. The summed E-state index contributed by atoms with van der Waals surface area (Å²) >= 11 is 5.82. The maximum Gasteiger partial charge on any atom is 0.224 e. The van der Waals surface area contributed by atoms with Crippen LogP contribution >= 0.6 is 11.6 Å². The molecule has 126 valence electrons. The number of aliphatic hydroxyl groups is 1. The summed E-state index contributed by atoms with van der Waals surface area (Å²) in [6.07, 6.45) is -0.569. The molecule has 1 aliphatic heterocycles. The number of fused-ring (bicyclic) bond motifs is 1. The van der Waals surface area contributed by atoms with Crippen LogP contribution in [0.1, 0.15) is 17.2 Å². The van der Waals surface area contributed by atoms with Crippen LogP contribution in [0, 0.1) is 0 Å². The van der Waals surface area contributed by atoms with Crippen LogP contribution in [-0.4, -0.2) is 30.8 Å². The highest BCUT2D eigenvalue weighted by atomic mass is 35.5. The van der Waals surface area contributed by atoms with Gasteiger partial charge in [0.2, 0.25) is 5.91 Å². The topological polar surface area (TPSA) is 67.8 Å². The highest BCUT2D eigenvalue weighted by Gasteiger charge is 2.16. The molecule has 0 fully saturated rings. The fraction of sp³-hybridized carbons (Fsp3) is 0.278. The Balaban J connectivity index is 1.54. The normalized spacial score (nSPS) is 14.1.